The number of nitrogens with two attached hydrogens (primary N) is 1. The minimum atomic E-state index is -4.15. The van der Waals surface area contributed by atoms with Crippen LogP contribution in [0.15, 0.2) is 5.16 Å². The molecule has 0 aromatic rings. The summed E-state index contributed by atoms with van der Waals surface area (Å²) in [4.78, 5) is 1.55. The van der Waals surface area contributed by atoms with Crippen LogP contribution in [0, 0.1) is 5.92 Å². The third kappa shape index (κ3) is 3.58. The molecule has 0 amide bonds. The van der Waals surface area contributed by atoms with Gasteiger partial charge in [0.2, 0.25) is 0 Å². The zero-order chi connectivity index (χ0) is 11.5. The number of nitrogens with zero attached hydrogens (tertiary/aromatic N) is 2. The molecule has 3 N–H and O–H groups in total. The van der Waals surface area contributed by atoms with Gasteiger partial charge in [-0.15, -0.1) is 0 Å². The lowest BCUT2D eigenvalue weighted by Crippen LogP contribution is -2.45. The van der Waals surface area contributed by atoms with Gasteiger partial charge < -0.3 is 10.9 Å². The van der Waals surface area contributed by atoms with Gasteiger partial charge in [0, 0.05) is 6.54 Å². The number of hydrogen-bond acceptors (Lipinski definition) is 3. The summed E-state index contributed by atoms with van der Waals surface area (Å²) in [5.41, 5.74) is 5.24. The molecule has 0 unspecified atom stereocenters. The van der Waals surface area contributed by atoms with E-state index in [1.54, 1.807) is 4.90 Å². The summed E-state index contributed by atoms with van der Waals surface area (Å²) in [6.07, 6.45) is -3.50. The standard InChI is InChI=1S/C8H14F3N3O/c9-8(10,11)6-2-1-3-14(4-6)5-7(12)13-15/h6,15H,1-5H2,(H2,12,13)/t6-/m0/s1. The van der Waals surface area contributed by atoms with E-state index in [1.807, 2.05) is 0 Å². The van der Waals surface area contributed by atoms with Crippen LogP contribution < -0.4 is 5.73 Å². The minimum absolute atomic E-state index is 0.0576. The Kier molecular flexibility index (Phi) is 3.78. The van der Waals surface area contributed by atoms with E-state index in [4.69, 9.17) is 10.9 Å². The van der Waals surface area contributed by atoms with E-state index in [1.165, 1.54) is 0 Å². The second kappa shape index (κ2) is 4.69. The zero-order valence-corrected chi connectivity index (χ0v) is 8.17. The molecular weight excluding hydrogens is 211 g/mol. The van der Waals surface area contributed by atoms with E-state index in [-0.39, 0.29) is 25.3 Å². The van der Waals surface area contributed by atoms with Crippen LogP contribution in [-0.4, -0.2) is 41.8 Å². The van der Waals surface area contributed by atoms with Gasteiger partial charge in [-0.25, -0.2) is 0 Å². The minimum Gasteiger partial charge on any atom is -0.409 e. The first-order valence-corrected chi connectivity index (χ1v) is 4.69. The number of amidine groups is 1. The van der Waals surface area contributed by atoms with Crippen molar-refractivity contribution in [2.24, 2.45) is 16.8 Å². The Labute approximate surface area is 85.5 Å². The molecule has 1 saturated heterocycles. The smallest absolute Gasteiger partial charge is 0.393 e. The van der Waals surface area contributed by atoms with Crippen LogP contribution in [0.5, 0.6) is 0 Å². The highest BCUT2D eigenvalue weighted by Gasteiger charge is 2.41. The Hall–Kier alpha value is -0.980. The Morgan fingerprint density at radius 2 is 2.20 bits per heavy atom. The number of halogens is 3. The van der Waals surface area contributed by atoms with Gasteiger partial charge in [-0.2, -0.15) is 13.2 Å². The fourth-order valence-corrected chi connectivity index (χ4v) is 1.73. The third-order valence-corrected chi connectivity index (χ3v) is 2.48. The molecule has 15 heavy (non-hydrogen) atoms. The number of alkyl halides is 3. The number of hydrogen-bond donors (Lipinski definition) is 2. The Morgan fingerprint density at radius 1 is 1.53 bits per heavy atom. The van der Waals surface area contributed by atoms with E-state index >= 15 is 0 Å². The van der Waals surface area contributed by atoms with Crippen LogP contribution in [0.4, 0.5) is 13.2 Å². The molecule has 1 rings (SSSR count). The molecule has 1 fully saturated rings. The van der Waals surface area contributed by atoms with Gasteiger partial charge >= 0.3 is 6.18 Å². The van der Waals surface area contributed by atoms with Crippen LogP contribution >= 0.6 is 0 Å². The van der Waals surface area contributed by atoms with E-state index in [9.17, 15) is 13.2 Å². The molecule has 4 nitrogen and oxygen atoms in total. The fourth-order valence-electron chi connectivity index (χ4n) is 1.73. The highest BCUT2D eigenvalue weighted by Crippen LogP contribution is 2.32. The summed E-state index contributed by atoms with van der Waals surface area (Å²) in [5.74, 6) is -1.35. The molecule has 0 radical (unpaired) electrons. The van der Waals surface area contributed by atoms with Crippen molar-refractivity contribution in [2.75, 3.05) is 19.6 Å². The van der Waals surface area contributed by atoms with Crippen LogP contribution in [0.3, 0.4) is 0 Å². The summed E-state index contributed by atoms with van der Waals surface area (Å²) in [6.45, 7) is 0.575. The molecule has 1 aliphatic rings. The first-order valence-electron chi connectivity index (χ1n) is 4.69. The first kappa shape index (κ1) is 12.1. The van der Waals surface area contributed by atoms with Gasteiger partial charge in [0.25, 0.3) is 0 Å². The Bertz CT molecular complexity index is 242. The van der Waals surface area contributed by atoms with Crippen LogP contribution in [0.25, 0.3) is 0 Å². The number of piperidine rings is 1. The van der Waals surface area contributed by atoms with Crippen molar-refractivity contribution in [3.8, 4) is 0 Å². The van der Waals surface area contributed by atoms with E-state index in [2.05, 4.69) is 5.16 Å². The molecular formula is C8H14F3N3O. The van der Waals surface area contributed by atoms with Gasteiger partial charge in [-0.3, -0.25) is 4.90 Å². The van der Waals surface area contributed by atoms with Gasteiger partial charge in [0.05, 0.1) is 12.5 Å². The normalized spacial score (nSPS) is 25.5. The predicted molar refractivity (Wildman–Crippen MR) is 48.6 cm³/mol. The van der Waals surface area contributed by atoms with E-state index in [0.29, 0.717) is 13.0 Å². The highest BCUT2D eigenvalue weighted by atomic mass is 19.4. The summed E-state index contributed by atoms with van der Waals surface area (Å²) in [5, 5.41) is 11.0. The van der Waals surface area contributed by atoms with Crippen LogP contribution in [0.2, 0.25) is 0 Å². The van der Waals surface area contributed by atoms with Crippen molar-refractivity contribution >= 4 is 5.84 Å². The second-order valence-corrected chi connectivity index (χ2v) is 3.71. The number of rotatable bonds is 2. The molecule has 0 aromatic heterocycles. The van der Waals surface area contributed by atoms with Crippen molar-refractivity contribution in [2.45, 2.75) is 19.0 Å². The molecule has 0 spiro atoms. The fraction of sp³-hybridized carbons (Fsp3) is 0.875. The Balaban J connectivity index is 2.49. The van der Waals surface area contributed by atoms with E-state index < -0.39 is 12.1 Å². The van der Waals surface area contributed by atoms with Crippen LogP contribution in [-0.2, 0) is 0 Å². The molecule has 1 aliphatic heterocycles. The van der Waals surface area contributed by atoms with Crippen molar-refractivity contribution in [1.82, 2.24) is 4.90 Å². The summed E-state index contributed by atoms with van der Waals surface area (Å²) >= 11 is 0. The maximum Gasteiger partial charge on any atom is 0.393 e. The lowest BCUT2D eigenvalue weighted by atomic mass is 9.97. The van der Waals surface area contributed by atoms with Gasteiger partial charge in [0.1, 0.15) is 0 Å². The summed E-state index contributed by atoms with van der Waals surface area (Å²) in [6, 6.07) is 0. The zero-order valence-electron chi connectivity index (χ0n) is 8.17. The third-order valence-electron chi connectivity index (χ3n) is 2.48. The average Bonchev–Trinajstić information content (AvgIpc) is 2.17. The predicted octanol–water partition coefficient (Wildman–Crippen LogP) is 1.01. The van der Waals surface area contributed by atoms with Gasteiger partial charge in [-0.05, 0) is 19.4 Å². The monoisotopic (exact) mass is 225 g/mol. The number of likely N-dealkylation sites (tertiary alicyclic amines) is 1. The SMILES string of the molecule is N/C(CN1CCC[C@H](C(F)(F)F)C1)=N/O. The van der Waals surface area contributed by atoms with Crippen molar-refractivity contribution in [1.29, 1.82) is 0 Å². The van der Waals surface area contributed by atoms with Gasteiger partial charge in [0.15, 0.2) is 5.84 Å². The lowest BCUT2D eigenvalue weighted by Gasteiger charge is -2.33. The van der Waals surface area contributed by atoms with Crippen molar-refractivity contribution in [3.05, 3.63) is 0 Å². The first-order chi connectivity index (χ1) is 6.93. The maximum atomic E-state index is 12.4. The molecule has 0 aromatic carbocycles. The van der Waals surface area contributed by atoms with Gasteiger partial charge in [-0.1, -0.05) is 5.16 Å². The molecule has 0 aliphatic carbocycles. The quantitative estimate of drug-likeness (QED) is 0.319. The summed E-state index contributed by atoms with van der Waals surface area (Å²) < 4.78 is 37.2. The molecule has 1 heterocycles. The number of oxime groups is 1. The molecule has 7 heteroatoms. The lowest BCUT2D eigenvalue weighted by molar-refractivity contribution is -0.186. The molecule has 0 saturated carbocycles. The van der Waals surface area contributed by atoms with E-state index in [0.717, 1.165) is 0 Å². The largest absolute Gasteiger partial charge is 0.409 e. The van der Waals surface area contributed by atoms with Crippen molar-refractivity contribution < 1.29 is 18.4 Å². The second-order valence-electron chi connectivity index (χ2n) is 3.71. The van der Waals surface area contributed by atoms with Crippen LogP contribution in [0.1, 0.15) is 12.8 Å². The highest BCUT2D eigenvalue weighted by molar-refractivity contribution is 5.81. The summed E-state index contributed by atoms with van der Waals surface area (Å²) in [7, 11) is 0. The Morgan fingerprint density at radius 3 is 2.73 bits per heavy atom. The molecule has 0 bridgehead atoms. The topological polar surface area (TPSA) is 61.8 Å². The average molecular weight is 225 g/mol. The molecule has 88 valence electrons. The molecule has 1 atom stereocenters. The van der Waals surface area contributed by atoms with Crippen molar-refractivity contribution in [3.63, 3.8) is 0 Å². The maximum absolute atomic E-state index is 12.4.